The van der Waals surface area contributed by atoms with Crippen molar-refractivity contribution >= 4 is 48.5 Å². The van der Waals surface area contributed by atoms with Crippen molar-refractivity contribution in [2.75, 3.05) is 57.0 Å². The van der Waals surface area contributed by atoms with E-state index in [1.807, 2.05) is 36.4 Å². The molecule has 2 heterocycles. The van der Waals surface area contributed by atoms with Gasteiger partial charge in [-0.2, -0.15) is 5.10 Å². The van der Waals surface area contributed by atoms with Gasteiger partial charge < -0.3 is 10.1 Å². The second kappa shape index (κ2) is 10.7. The number of carbonyl (C=O) groups excluding carboxylic acids is 1. The highest BCUT2D eigenvalue weighted by Crippen LogP contribution is 2.46. The molecule has 5 rings (SSSR count). The van der Waals surface area contributed by atoms with E-state index in [0.29, 0.717) is 43.1 Å². The lowest BCUT2D eigenvalue weighted by Crippen LogP contribution is -2.39. The molecule has 3 aromatic rings. The van der Waals surface area contributed by atoms with Gasteiger partial charge in [-0.15, -0.1) is 0 Å². The first kappa shape index (κ1) is 26.1. The van der Waals surface area contributed by atoms with Gasteiger partial charge >= 0.3 is 0 Å². The number of anilines is 1. The molecular weight excluding hydrogens is 558 g/mol. The molecule has 2 aliphatic rings. The maximum absolute atomic E-state index is 13.0. The van der Waals surface area contributed by atoms with E-state index in [-0.39, 0.29) is 11.8 Å². The minimum Gasteiger partial charge on any atom is -0.379 e. The zero-order chi connectivity index (χ0) is 26.2. The first-order chi connectivity index (χ1) is 17.8. The highest BCUT2D eigenvalue weighted by Gasteiger charge is 2.32. The van der Waals surface area contributed by atoms with Crippen molar-refractivity contribution in [3.8, 4) is 5.69 Å². The van der Waals surface area contributed by atoms with Gasteiger partial charge in [0.05, 0.1) is 36.4 Å². The number of halogens is 1. The molecule has 1 amide bonds. The highest BCUT2D eigenvalue weighted by molar-refractivity contribution is 9.10. The number of benzene rings is 2. The summed E-state index contributed by atoms with van der Waals surface area (Å²) in [6.07, 6.45) is 3.98. The Morgan fingerprint density at radius 1 is 1.19 bits per heavy atom. The van der Waals surface area contributed by atoms with Gasteiger partial charge in [0, 0.05) is 43.1 Å². The van der Waals surface area contributed by atoms with Crippen LogP contribution in [-0.4, -0.2) is 81.7 Å². The van der Waals surface area contributed by atoms with Gasteiger partial charge in [-0.05, 0) is 67.1 Å². The average Bonchev–Trinajstić information content (AvgIpc) is 3.66. The first-order valence-electron chi connectivity index (χ1n) is 12.6. The zero-order valence-electron chi connectivity index (χ0n) is 21.1. The van der Waals surface area contributed by atoms with Crippen LogP contribution < -0.4 is 9.62 Å². The fourth-order valence-electron chi connectivity index (χ4n) is 4.91. The van der Waals surface area contributed by atoms with Gasteiger partial charge in [-0.1, -0.05) is 15.9 Å². The molecule has 1 aromatic heterocycles. The van der Waals surface area contributed by atoms with Crippen LogP contribution in [0.15, 0.2) is 40.9 Å². The summed E-state index contributed by atoms with van der Waals surface area (Å²) < 4.78 is 35.6. The van der Waals surface area contributed by atoms with E-state index in [1.54, 1.807) is 11.7 Å². The topological polar surface area (TPSA) is 96.8 Å². The zero-order valence-corrected chi connectivity index (χ0v) is 23.5. The Morgan fingerprint density at radius 2 is 1.89 bits per heavy atom. The fourth-order valence-corrected chi connectivity index (χ4v) is 6.15. The third-order valence-electron chi connectivity index (χ3n) is 6.96. The second-order valence-electron chi connectivity index (χ2n) is 9.66. The molecule has 2 aromatic carbocycles. The van der Waals surface area contributed by atoms with Crippen molar-refractivity contribution in [1.29, 1.82) is 0 Å². The normalized spacial score (nSPS) is 16.7. The molecule has 11 heteroatoms. The second-order valence-corrected chi connectivity index (χ2v) is 12.5. The molecule has 1 aliphatic carbocycles. The lowest BCUT2D eigenvalue weighted by molar-refractivity contribution is 0.0377. The predicted molar refractivity (Wildman–Crippen MR) is 148 cm³/mol. The predicted octanol–water partition coefficient (Wildman–Crippen LogP) is 3.51. The summed E-state index contributed by atoms with van der Waals surface area (Å²) in [4.78, 5) is 15.3. The number of aromatic nitrogens is 2. The van der Waals surface area contributed by atoms with Crippen molar-refractivity contribution in [2.45, 2.75) is 25.2 Å². The van der Waals surface area contributed by atoms with Crippen LogP contribution in [0.3, 0.4) is 0 Å². The number of amides is 1. The van der Waals surface area contributed by atoms with Crippen LogP contribution in [0, 0.1) is 0 Å². The standard InChI is InChI=1S/C26H32BrN5O4S/c1-28-26(33)25-22-16-21(18-4-5-18)24(17-23(22)29-32(25)20-8-6-19(27)7-9-20)31(37(2,34)35)11-3-10-30-12-14-36-15-13-30/h6-9,16-18H,3-5,10-15H2,1-2H3,(H,28,33). The van der Waals surface area contributed by atoms with E-state index < -0.39 is 10.0 Å². The molecular formula is C26H32BrN5O4S. The van der Waals surface area contributed by atoms with Crippen molar-refractivity contribution in [3.05, 3.63) is 52.1 Å². The molecule has 1 saturated heterocycles. The van der Waals surface area contributed by atoms with Crippen LogP contribution in [0.1, 0.15) is 41.2 Å². The Morgan fingerprint density at radius 3 is 2.51 bits per heavy atom. The number of nitrogens with one attached hydrogen (secondary N) is 1. The van der Waals surface area contributed by atoms with Crippen LogP contribution in [0.2, 0.25) is 0 Å². The van der Waals surface area contributed by atoms with Crippen molar-refractivity contribution < 1.29 is 17.9 Å². The Labute approximate surface area is 225 Å². The monoisotopic (exact) mass is 589 g/mol. The van der Waals surface area contributed by atoms with E-state index >= 15 is 0 Å². The molecule has 0 unspecified atom stereocenters. The molecule has 0 radical (unpaired) electrons. The van der Waals surface area contributed by atoms with E-state index in [2.05, 4.69) is 26.1 Å². The smallest absolute Gasteiger partial charge is 0.270 e. The summed E-state index contributed by atoms with van der Waals surface area (Å²) >= 11 is 3.46. The number of hydrogen-bond donors (Lipinski definition) is 1. The van der Waals surface area contributed by atoms with Gasteiger partial charge in [-0.25, -0.2) is 13.1 Å². The molecule has 1 saturated carbocycles. The minimum atomic E-state index is -3.53. The van der Waals surface area contributed by atoms with Gasteiger partial charge in [-0.3, -0.25) is 14.0 Å². The number of morpholine rings is 1. The number of sulfonamides is 1. The molecule has 198 valence electrons. The molecule has 37 heavy (non-hydrogen) atoms. The summed E-state index contributed by atoms with van der Waals surface area (Å²) in [6.45, 7) is 4.37. The maximum atomic E-state index is 13.0. The average molecular weight is 591 g/mol. The van der Waals surface area contributed by atoms with Crippen molar-refractivity contribution in [3.63, 3.8) is 0 Å². The number of hydrogen-bond acceptors (Lipinski definition) is 6. The molecule has 2 fully saturated rings. The van der Waals surface area contributed by atoms with Crippen molar-refractivity contribution in [1.82, 2.24) is 20.0 Å². The summed E-state index contributed by atoms with van der Waals surface area (Å²) in [5.74, 6) is 0.0295. The summed E-state index contributed by atoms with van der Waals surface area (Å²) in [7, 11) is -1.93. The summed E-state index contributed by atoms with van der Waals surface area (Å²) in [5.41, 5.74) is 3.40. The molecule has 1 N–H and O–H groups in total. The fraction of sp³-hybridized carbons (Fsp3) is 0.462. The van der Waals surface area contributed by atoms with Crippen LogP contribution in [0.5, 0.6) is 0 Å². The lowest BCUT2D eigenvalue weighted by atomic mass is 10.0. The van der Waals surface area contributed by atoms with Gasteiger partial charge in [0.25, 0.3) is 5.91 Å². The lowest BCUT2D eigenvalue weighted by Gasteiger charge is -2.29. The van der Waals surface area contributed by atoms with Crippen LogP contribution >= 0.6 is 15.9 Å². The van der Waals surface area contributed by atoms with E-state index in [9.17, 15) is 13.2 Å². The Balaban J connectivity index is 1.57. The number of ether oxygens (including phenoxy) is 1. The summed E-state index contributed by atoms with van der Waals surface area (Å²) in [6, 6.07) is 11.4. The Bertz CT molecular complexity index is 1400. The third kappa shape index (κ3) is 5.69. The van der Waals surface area contributed by atoms with Gasteiger partial charge in [0.2, 0.25) is 10.0 Å². The maximum Gasteiger partial charge on any atom is 0.270 e. The van der Waals surface area contributed by atoms with E-state index in [4.69, 9.17) is 9.84 Å². The molecule has 0 spiro atoms. The number of rotatable bonds is 9. The molecule has 1 aliphatic heterocycles. The van der Waals surface area contributed by atoms with E-state index in [1.165, 1.54) is 10.6 Å². The quantitative estimate of drug-likeness (QED) is 0.410. The molecule has 9 nitrogen and oxygen atoms in total. The van der Waals surface area contributed by atoms with Gasteiger partial charge in [0.1, 0.15) is 5.69 Å². The molecule has 0 atom stereocenters. The van der Waals surface area contributed by atoms with E-state index in [0.717, 1.165) is 53.6 Å². The third-order valence-corrected chi connectivity index (χ3v) is 8.67. The van der Waals surface area contributed by atoms with Crippen LogP contribution in [0.25, 0.3) is 16.6 Å². The Hall–Kier alpha value is -2.47. The Kier molecular flexibility index (Phi) is 7.58. The first-order valence-corrected chi connectivity index (χ1v) is 15.2. The SMILES string of the molecule is CNC(=O)c1c2cc(C3CC3)c(N(CCCN3CCOCC3)S(C)(=O)=O)cc2nn1-c1ccc(Br)cc1. The van der Waals surface area contributed by atoms with Gasteiger partial charge in [0.15, 0.2) is 0 Å². The minimum absolute atomic E-state index is 0.245. The van der Waals surface area contributed by atoms with Crippen molar-refractivity contribution in [2.24, 2.45) is 0 Å². The number of carbonyl (C=O) groups is 1. The number of nitrogens with zero attached hydrogens (tertiary/aromatic N) is 4. The van der Waals surface area contributed by atoms with Crippen LogP contribution in [-0.2, 0) is 14.8 Å². The number of fused-ring (bicyclic) bond motifs is 1. The molecule has 0 bridgehead atoms. The van der Waals surface area contributed by atoms with Crippen LogP contribution in [0.4, 0.5) is 5.69 Å². The highest BCUT2D eigenvalue weighted by atomic mass is 79.9. The largest absolute Gasteiger partial charge is 0.379 e. The summed E-state index contributed by atoms with van der Waals surface area (Å²) in [5, 5.41) is 8.23.